The smallest absolute Gasteiger partial charge is 0.325 e. The molecular formula is C16H19ClN4O3. The topological polar surface area (TPSA) is 81.8 Å². The van der Waals surface area contributed by atoms with E-state index in [4.69, 9.17) is 11.6 Å². The van der Waals surface area contributed by atoms with Crippen molar-refractivity contribution in [3.63, 3.8) is 0 Å². The highest BCUT2D eigenvalue weighted by Crippen LogP contribution is 2.23. The van der Waals surface area contributed by atoms with E-state index in [0.717, 1.165) is 12.8 Å². The molecule has 0 aromatic heterocycles. The molecule has 2 fully saturated rings. The molecule has 1 aromatic carbocycles. The summed E-state index contributed by atoms with van der Waals surface area (Å²) in [6, 6.07) is 7.05. The van der Waals surface area contributed by atoms with Gasteiger partial charge in [0, 0.05) is 29.8 Å². The molecular weight excluding hydrogens is 332 g/mol. The maximum Gasteiger partial charge on any atom is 0.325 e. The Balaban J connectivity index is 1.48. The van der Waals surface area contributed by atoms with Crippen molar-refractivity contribution in [2.75, 3.05) is 31.1 Å². The van der Waals surface area contributed by atoms with E-state index >= 15 is 0 Å². The summed E-state index contributed by atoms with van der Waals surface area (Å²) in [6.45, 7) is 0.823. The highest BCUT2D eigenvalue weighted by atomic mass is 35.5. The third-order valence-corrected chi connectivity index (χ3v) is 4.17. The van der Waals surface area contributed by atoms with E-state index in [1.54, 1.807) is 29.2 Å². The predicted molar refractivity (Wildman–Crippen MR) is 89.9 cm³/mol. The van der Waals surface area contributed by atoms with Crippen LogP contribution in [0.2, 0.25) is 5.02 Å². The Kier molecular flexibility index (Phi) is 4.89. The third kappa shape index (κ3) is 4.17. The fraction of sp³-hybridized carbons (Fsp3) is 0.438. The van der Waals surface area contributed by atoms with Crippen molar-refractivity contribution in [1.29, 1.82) is 0 Å². The number of hydrogen-bond acceptors (Lipinski definition) is 3. The Bertz CT molecular complexity index is 662. The summed E-state index contributed by atoms with van der Waals surface area (Å²) >= 11 is 5.95. The lowest BCUT2D eigenvalue weighted by molar-refractivity contribution is -0.126. The zero-order valence-corrected chi connectivity index (χ0v) is 13.9. The van der Waals surface area contributed by atoms with E-state index in [9.17, 15) is 14.4 Å². The van der Waals surface area contributed by atoms with Crippen LogP contribution in [0.25, 0.3) is 0 Å². The van der Waals surface area contributed by atoms with Gasteiger partial charge < -0.3 is 15.5 Å². The standard InChI is InChI=1S/C16H19ClN4O3/c17-11-2-1-3-13(8-11)21-7-6-20(16(21)24)10-15(23)18-9-14(22)19-12-4-5-12/h1-3,8,12H,4-7,9-10H2,(H,18,23)(H,19,22). The normalized spacial score (nSPS) is 17.1. The minimum Gasteiger partial charge on any atom is -0.352 e. The fourth-order valence-electron chi connectivity index (χ4n) is 2.53. The van der Waals surface area contributed by atoms with Crippen molar-refractivity contribution in [3.8, 4) is 0 Å². The lowest BCUT2D eigenvalue weighted by Crippen LogP contribution is -2.43. The van der Waals surface area contributed by atoms with Crippen LogP contribution in [0.5, 0.6) is 0 Å². The first-order valence-electron chi connectivity index (χ1n) is 7.91. The summed E-state index contributed by atoms with van der Waals surface area (Å²) in [4.78, 5) is 38.9. The first kappa shape index (κ1) is 16.6. The lowest BCUT2D eigenvalue weighted by Gasteiger charge is -2.18. The number of hydrogen-bond donors (Lipinski definition) is 2. The molecule has 7 nitrogen and oxygen atoms in total. The molecule has 128 valence electrons. The molecule has 0 radical (unpaired) electrons. The van der Waals surface area contributed by atoms with Gasteiger partial charge in [0.2, 0.25) is 11.8 Å². The van der Waals surface area contributed by atoms with E-state index in [0.29, 0.717) is 23.8 Å². The van der Waals surface area contributed by atoms with E-state index in [1.807, 2.05) is 0 Å². The van der Waals surface area contributed by atoms with Crippen LogP contribution in [0.15, 0.2) is 24.3 Å². The van der Waals surface area contributed by atoms with Crippen LogP contribution in [0.3, 0.4) is 0 Å². The number of carbonyl (C=O) groups excluding carboxylic acids is 3. The molecule has 0 bridgehead atoms. The molecule has 1 aromatic rings. The predicted octanol–water partition coefficient (Wildman–Crippen LogP) is 0.977. The number of urea groups is 1. The summed E-state index contributed by atoms with van der Waals surface area (Å²) in [5.74, 6) is -0.540. The van der Waals surface area contributed by atoms with Crippen LogP contribution < -0.4 is 15.5 Å². The second-order valence-electron chi connectivity index (χ2n) is 5.95. The van der Waals surface area contributed by atoms with Crippen LogP contribution in [0, 0.1) is 0 Å². The molecule has 1 aliphatic carbocycles. The van der Waals surface area contributed by atoms with E-state index in [-0.39, 0.29) is 37.0 Å². The van der Waals surface area contributed by atoms with Crippen LogP contribution in [-0.2, 0) is 9.59 Å². The summed E-state index contributed by atoms with van der Waals surface area (Å²) in [5.41, 5.74) is 0.708. The van der Waals surface area contributed by atoms with Gasteiger partial charge in [0.05, 0.1) is 6.54 Å². The Morgan fingerprint density at radius 3 is 2.71 bits per heavy atom. The molecule has 3 rings (SSSR count). The van der Waals surface area contributed by atoms with Crippen LogP contribution in [0.4, 0.5) is 10.5 Å². The summed E-state index contributed by atoms with van der Waals surface area (Å²) in [5, 5.41) is 5.89. The van der Waals surface area contributed by atoms with Crippen molar-refractivity contribution in [2.45, 2.75) is 18.9 Å². The van der Waals surface area contributed by atoms with E-state index < -0.39 is 0 Å². The number of nitrogens with one attached hydrogen (secondary N) is 2. The van der Waals surface area contributed by atoms with Gasteiger partial charge in [0.25, 0.3) is 0 Å². The van der Waals surface area contributed by atoms with Crippen molar-refractivity contribution >= 4 is 35.1 Å². The number of amides is 4. The van der Waals surface area contributed by atoms with E-state index in [2.05, 4.69) is 10.6 Å². The second kappa shape index (κ2) is 7.09. The summed E-state index contributed by atoms with van der Waals surface area (Å²) in [6.07, 6.45) is 2.00. The molecule has 24 heavy (non-hydrogen) atoms. The Morgan fingerprint density at radius 2 is 2.00 bits per heavy atom. The number of anilines is 1. The first-order chi connectivity index (χ1) is 11.5. The SMILES string of the molecule is O=C(CN1CCN(c2cccc(Cl)c2)C1=O)NCC(=O)NC1CC1. The zero-order valence-electron chi connectivity index (χ0n) is 13.1. The molecule has 0 atom stereocenters. The molecule has 0 unspecified atom stereocenters. The number of halogens is 1. The Labute approximate surface area is 144 Å². The minimum atomic E-state index is -0.345. The van der Waals surface area contributed by atoms with Gasteiger partial charge in [-0.05, 0) is 31.0 Å². The van der Waals surface area contributed by atoms with Crippen molar-refractivity contribution in [3.05, 3.63) is 29.3 Å². The fourth-order valence-corrected chi connectivity index (χ4v) is 2.71. The van der Waals surface area contributed by atoms with Gasteiger partial charge in [-0.1, -0.05) is 17.7 Å². The number of rotatable bonds is 6. The molecule has 1 saturated carbocycles. The van der Waals surface area contributed by atoms with Gasteiger partial charge in [0.1, 0.15) is 6.54 Å². The second-order valence-corrected chi connectivity index (χ2v) is 6.39. The molecule has 8 heteroatoms. The van der Waals surface area contributed by atoms with Gasteiger partial charge in [-0.25, -0.2) is 4.79 Å². The van der Waals surface area contributed by atoms with Gasteiger partial charge in [-0.15, -0.1) is 0 Å². The highest BCUT2D eigenvalue weighted by molar-refractivity contribution is 6.30. The molecule has 1 heterocycles. The van der Waals surface area contributed by atoms with Crippen LogP contribution >= 0.6 is 11.6 Å². The van der Waals surface area contributed by atoms with Crippen molar-refractivity contribution in [1.82, 2.24) is 15.5 Å². The molecule has 1 saturated heterocycles. The van der Waals surface area contributed by atoms with Gasteiger partial charge in [-0.3, -0.25) is 14.5 Å². The maximum absolute atomic E-state index is 12.4. The Hall–Kier alpha value is -2.28. The minimum absolute atomic E-state index is 0.0601. The van der Waals surface area contributed by atoms with Crippen LogP contribution in [0.1, 0.15) is 12.8 Å². The third-order valence-electron chi connectivity index (χ3n) is 3.94. The highest BCUT2D eigenvalue weighted by Gasteiger charge is 2.31. The Morgan fingerprint density at radius 1 is 1.21 bits per heavy atom. The van der Waals surface area contributed by atoms with Crippen molar-refractivity contribution < 1.29 is 14.4 Å². The first-order valence-corrected chi connectivity index (χ1v) is 8.29. The average Bonchev–Trinajstić information content (AvgIpc) is 3.29. The zero-order chi connectivity index (χ0) is 17.1. The quantitative estimate of drug-likeness (QED) is 0.802. The maximum atomic E-state index is 12.4. The van der Waals surface area contributed by atoms with E-state index in [1.165, 1.54) is 4.90 Å². The molecule has 2 N–H and O–H groups in total. The monoisotopic (exact) mass is 350 g/mol. The molecule has 2 aliphatic rings. The van der Waals surface area contributed by atoms with Crippen molar-refractivity contribution in [2.24, 2.45) is 0 Å². The van der Waals surface area contributed by atoms with Gasteiger partial charge >= 0.3 is 6.03 Å². The molecule has 0 spiro atoms. The number of carbonyl (C=O) groups is 3. The summed E-state index contributed by atoms with van der Waals surface area (Å²) < 4.78 is 0. The molecule has 1 aliphatic heterocycles. The average molecular weight is 351 g/mol. The number of nitrogens with zero attached hydrogens (tertiary/aromatic N) is 2. The summed E-state index contributed by atoms with van der Waals surface area (Å²) in [7, 11) is 0. The van der Waals surface area contributed by atoms with Crippen LogP contribution in [-0.4, -0.2) is 55.0 Å². The van der Waals surface area contributed by atoms with Gasteiger partial charge in [-0.2, -0.15) is 0 Å². The number of benzene rings is 1. The lowest BCUT2D eigenvalue weighted by atomic mass is 10.3. The largest absolute Gasteiger partial charge is 0.352 e. The molecule has 4 amide bonds. The van der Waals surface area contributed by atoms with Gasteiger partial charge in [0.15, 0.2) is 0 Å².